The number of hydrogen-bond donors (Lipinski definition) is 0. The molecule has 0 saturated carbocycles. The molecular formula is C18H12F3NO3. The second kappa shape index (κ2) is 6.43. The van der Waals surface area contributed by atoms with Gasteiger partial charge in [-0.1, -0.05) is 42.5 Å². The van der Waals surface area contributed by atoms with Crippen molar-refractivity contribution < 1.29 is 27.5 Å². The van der Waals surface area contributed by atoms with E-state index in [-0.39, 0.29) is 12.3 Å². The van der Waals surface area contributed by atoms with Crippen LogP contribution in [-0.4, -0.2) is 16.9 Å². The molecule has 2 aromatic carbocycles. The van der Waals surface area contributed by atoms with Crippen LogP contribution < -0.4 is 0 Å². The fraction of sp³-hybridized carbons (Fsp3) is 0.111. The lowest BCUT2D eigenvalue weighted by atomic mass is 10.1. The first-order valence-electron chi connectivity index (χ1n) is 7.31. The molecule has 0 unspecified atom stereocenters. The van der Waals surface area contributed by atoms with Gasteiger partial charge in [-0.3, -0.25) is 4.79 Å². The maximum Gasteiger partial charge on any atom is 0.422 e. The molecule has 2 amide bonds. The molecule has 0 N–H and O–H groups in total. The van der Waals surface area contributed by atoms with Gasteiger partial charge in [0.1, 0.15) is 0 Å². The van der Waals surface area contributed by atoms with Crippen molar-refractivity contribution in [2.24, 2.45) is 0 Å². The van der Waals surface area contributed by atoms with E-state index in [9.17, 15) is 22.8 Å². The Morgan fingerprint density at radius 3 is 2.20 bits per heavy atom. The zero-order valence-corrected chi connectivity index (χ0v) is 12.8. The Bertz CT molecular complexity index is 827. The topological polar surface area (TPSA) is 46.6 Å². The standard InChI is InChI=1S/C18H12F3NO3/c19-18(20,21)14-8-6-13(7-9-14)11-22-16(23)15(25-17(22)24)10-12-4-2-1-3-5-12/h1-10H,11H2/b15-10-. The number of carbonyl (C=O) groups is 2. The van der Waals surface area contributed by atoms with Crippen LogP contribution in [0.25, 0.3) is 6.08 Å². The third kappa shape index (κ3) is 3.71. The van der Waals surface area contributed by atoms with Gasteiger partial charge in [0.2, 0.25) is 0 Å². The van der Waals surface area contributed by atoms with Crippen molar-refractivity contribution in [2.45, 2.75) is 12.7 Å². The number of cyclic esters (lactones) is 1. The fourth-order valence-electron chi connectivity index (χ4n) is 2.32. The number of nitrogens with zero attached hydrogens (tertiary/aromatic N) is 1. The monoisotopic (exact) mass is 347 g/mol. The van der Waals surface area contributed by atoms with E-state index in [0.29, 0.717) is 11.1 Å². The molecule has 128 valence electrons. The van der Waals surface area contributed by atoms with Gasteiger partial charge in [0.25, 0.3) is 5.91 Å². The van der Waals surface area contributed by atoms with E-state index >= 15 is 0 Å². The van der Waals surface area contributed by atoms with Crippen molar-refractivity contribution in [3.05, 3.63) is 77.0 Å². The molecule has 1 aliphatic heterocycles. The van der Waals surface area contributed by atoms with Gasteiger partial charge in [0.15, 0.2) is 5.76 Å². The van der Waals surface area contributed by atoms with E-state index in [0.717, 1.165) is 17.0 Å². The zero-order chi connectivity index (χ0) is 18.0. The van der Waals surface area contributed by atoms with Gasteiger partial charge in [0, 0.05) is 0 Å². The summed E-state index contributed by atoms with van der Waals surface area (Å²) >= 11 is 0. The van der Waals surface area contributed by atoms with Crippen molar-refractivity contribution in [3.63, 3.8) is 0 Å². The molecule has 0 spiro atoms. The highest BCUT2D eigenvalue weighted by molar-refractivity contribution is 6.09. The summed E-state index contributed by atoms with van der Waals surface area (Å²) in [5.74, 6) is -0.753. The summed E-state index contributed by atoms with van der Waals surface area (Å²) in [6.07, 6.45) is -3.86. The second-order valence-electron chi connectivity index (χ2n) is 5.37. The average molecular weight is 347 g/mol. The van der Waals surface area contributed by atoms with Gasteiger partial charge >= 0.3 is 12.3 Å². The van der Waals surface area contributed by atoms with Crippen LogP contribution in [0.5, 0.6) is 0 Å². The molecule has 7 heteroatoms. The van der Waals surface area contributed by atoms with Crippen molar-refractivity contribution >= 4 is 18.1 Å². The summed E-state index contributed by atoms with van der Waals surface area (Å²) in [6.45, 7) is -0.165. The van der Waals surface area contributed by atoms with E-state index in [2.05, 4.69) is 0 Å². The van der Waals surface area contributed by atoms with Crippen LogP contribution in [-0.2, 0) is 22.3 Å². The smallest absolute Gasteiger partial charge is 0.404 e. The first-order valence-corrected chi connectivity index (χ1v) is 7.31. The third-order valence-electron chi connectivity index (χ3n) is 3.59. The Labute approximate surface area is 141 Å². The number of rotatable bonds is 3. The largest absolute Gasteiger partial charge is 0.422 e. The Kier molecular flexibility index (Phi) is 4.31. The van der Waals surface area contributed by atoms with Crippen molar-refractivity contribution in [1.29, 1.82) is 0 Å². The van der Waals surface area contributed by atoms with Crippen LogP contribution in [0.2, 0.25) is 0 Å². The number of imide groups is 1. The maximum absolute atomic E-state index is 12.6. The van der Waals surface area contributed by atoms with Gasteiger partial charge in [0.05, 0.1) is 12.1 Å². The summed E-state index contributed by atoms with van der Waals surface area (Å²) < 4.78 is 42.6. The van der Waals surface area contributed by atoms with Gasteiger partial charge in [-0.2, -0.15) is 13.2 Å². The molecule has 3 rings (SSSR count). The van der Waals surface area contributed by atoms with Crippen LogP contribution in [0.4, 0.5) is 18.0 Å². The lowest BCUT2D eigenvalue weighted by Gasteiger charge is -2.11. The summed E-state index contributed by atoms with van der Waals surface area (Å²) in [4.78, 5) is 25.0. The Morgan fingerprint density at radius 2 is 1.60 bits per heavy atom. The predicted molar refractivity (Wildman–Crippen MR) is 82.9 cm³/mol. The van der Waals surface area contributed by atoms with E-state index in [1.807, 2.05) is 0 Å². The Morgan fingerprint density at radius 1 is 0.960 bits per heavy atom. The van der Waals surface area contributed by atoms with E-state index in [4.69, 9.17) is 4.74 Å². The molecule has 1 aliphatic rings. The Hall–Kier alpha value is -3.09. The van der Waals surface area contributed by atoms with Crippen molar-refractivity contribution in [3.8, 4) is 0 Å². The molecule has 2 aromatic rings. The van der Waals surface area contributed by atoms with Crippen molar-refractivity contribution in [1.82, 2.24) is 4.90 Å². The lowest BCUT2D eigenvalue weighted by Crippen LogP contribution is -2.28. The summed E-state index contributed by atoms with van der Waals surface area (Å²) in [7, 11) is 0. The van der Waals surface area contributed by atoms with Crippen LogP contribution in [0, 0.1) is 0 Å². The summed E-state index contributed by atoms with van der Waals surface area (Å²) in [6, 6.07) is 13.1. The molecule has 0 aliphatic carbocycles. The predicted octanol–water partition coefficient (Wildman–Crippen LogP) is 4.23. The number of benzene rings is 2. The van der Waals surface area contributed by atoms with Crippen LogP contribution in [0.3, 0.4) is 0 Å². The number of ether oxygens (including phenoxy) is 1. The first kappa shape index (κ1) is 16.8. The molecule has 0 radical (unpaired) electrons. The minimum atomic E-state index is -4.44. The highest BCUT2D eigenvalue weighted by Crippen LogP contribution is 2.29. The Balaban J connectivity index is 1.76. The first-order chi connectivity index (χ1) is 11.8. The molecule has 0 aromatic heterocycles. The normalized spacial score (nSPS) is 16.4. The molecular weight excluding hydrogens is 335 g/mol. The minimum Gasteiger partial charge on any atom is -0.404 e. The number of carbonyl (C=O) groups excluding carboxylic acids is 2. The lowest BCUT2D eigenvalue weighted by molar-refractivity contribution is -0.137. The van der Waals surface area contributed by atoms with Crippen LogP contribution in [0.15, 0.2) is 60.4 Å². The number of amides is 2. The SMILES string of the molecule is O=C1O/C(=C\c2ccccc2)C(=O)N1Cc1ccc(C(F)(F)F)cc1. The molecule has 1 fully saturated rings. The highest BCUT2D eigenvalue weighted by Gasteiger charge is 2.36. The van der Waals surface area contributed by atoms with Gasteiger partial charge in [-0.25, -0.2) is 9.69 Å². The highest BCUT2D eigenvalue weighted by atomic mass is 19.4. The zero-order valence-electron chi connectivity index (χ0n) is 12.8. The van der Waals surface area contributed by atoms with Gasteiger partial charge in [-0.05, 0) is 29.3 Å². The van der Waals surface area contributed by atoms with Crippen molar-refractivity contribution in [2.75, 3.05) is 0 Å². The van der Waals surface area contributed by atoms with E-state index < -0.39 is 23.7 Å². The molecule has 1 heterocycles. The molecule has 1 saturated heterocycles. The van der Waals surface area contributed by atoms with E-state index in [1.165, 1.54) is 18.2 Å². The quantitative estimate of drug-likeness (QED) is 0.781. The summed E-state index contributed by atoms with van der Waals surface area (Å²) in [5, 5.41) is 0. The molecule has 0 bridgehead atoms. The third-order valence-corrected chi connectivity index (χ3v) is 3.59. The molecule has 4 nitrogen and oxygen atoms in total. The number of alkyl halides is 3. The van der Waals surface area contributed by atoms with Gasteiger partial charge < -0.3 is 4.74 Å². The van der Waals surface area contributed by atoms with Crippen LogP contribution >= 0.6 is 0 Å². The molecule has 0 atom stereocenters. The molecule has 25 heavy (non-hydrogen) atoms. The fourth-order valence-corrected chi connectivity index (χ4v) is 2.32. The average Bonchev–Trinajstić information content (AvgIpc) is 2.83. The number of hydrogen-bond acceptors (Lipinski definition) is 3. The van der Waals surface area contributed by atoms with Crippen LogP contribution in [0.1, 0.15) is 16.7 Å². The van der Waals surface area contributed by atoms with E-state index in [1.54, 1.807) is 30.3 Å². The maximum atomic E-state index is 12.6. The van der Waals surface area contributed by atoms with Gasteiger partial charge in [-0.15, -0.1) is 0 Å². The summed E-state index contributed by atoms with van der Waals surface area (Å²) in [5.41, 5.74) is 0.283. The second-order valence-corrected chi connectivity index (χ2v) is 5.37. The minimum absolute atomic E-state index is 0.122. The number of halogens is 3.